The molecule has 0 aromatic carbocycles. The monoisotopic (exact) mass is 407 g/mol. The maximum Gasteiger partial charge on any atom is 0.135 e. The summed E-state index contributed by atoms with van der Waals surface area (Å²) in [5.74, 6) is 0.568. The maximum absolute atomic E-state index is 4.92. The molecule has 0 atom stereocenters. The van der Waals surface area contributed by atoms with E-state index < -0.39 is 0 Å². The molecule has 3 N–H and O–H groups in total. The van der Waals surface area contributed by atoms with Crippen molar-refractivity contribution in [1.82, 2.24) is 30.1 Å². The minimum absolute atomic E-state index is 0.568. The predicted molar refractivity (Wildman–Crippen MR) is 122 cm³/mol. The average molecular weight is 407 g/mol. The summed E-state index contributed by atoms with van der Waals surface area (Å²) in [6.45, 7) is 4.20. The first-order valence-electron chi connectivity index (χ1n) is 10.4. The second-order valence-electron chi connectivity index (χ2n) is 8.05. The Morgan fingerprint density at radius 3 is 2.81 bits per heavy atom. The molecule has 1 aliphatic carbocycles. The lowest BCUT2D eigenvalue weighted by Crippen LogP contribution is -2.18. The molecule has 6 rings (SSSR count). The van der Waals surface area contributed by atoms with E-state index in [2.05, 4.69) is 49.2 Å². The first-order chi connectivity index (χ1) is 15.2. The highest BCUT2D eigenvalue weighted by atomic mass is 15.1. The Labute approximate surface area is 178 Å². The highest BCUT2D eigenvalue weighted by Crippen LogP contribution is 2.33. The number of fused-ring (bicyclic) bond motifs is 2. The number of pyridine rings is 3. The van der Waals surface area contributed by atoms with Gasteiger partial charge in [0.2, 0.25) is 0 Å². The molecular weight excluding hydrogens is 386 g/mol. The number of allylic oxidation sites excluding steroid dienone is 1. The molecule has 1 fully saturated rings. The first-order valence-corrected chi connectivity index (χ1v) is 10.4. The molecule has 31 heavy (non-hydrogen) atoms. The number of nitrogens with one attached hydrogen (secondary N) is 3. The van der Waals surface area contributed by atoms with Crippen LogP contribution in [0.5, 0.6) is 0 Å². The summed E-state index contributed by atoms with van der Waals surface area (Å²) in [5, 5.41) is 12.1. The van der Waals surface area contributed by atoms with E-state index in [1.54, 1.807) is 6.20 Å². The number of aromatic amines is 2. The van der Waals surface area contributed by atoms with Crippen molar-refractivity contribution < 1.29 is 0 Å². The van der Waals surface area contributed by atoms with Crippen molar-refractivity contribution in [3.05, 3.63) is 67.4 Å². The van der Waals surface area contributed by atoms with Crippen molar-refractivity contribution in [2.45, 2.75) is 19.3 Å². The van der Waals surface area contributed by atoms with Gasteiger partial charge in [0.15, 0.2) is 0 Å². The van der Waals surface area contributed by atoms with E-state index in [0.29, 0.717) is 5.92 Å². The molecule has 7 heteroatoms. The minimum atomic E-state index is 0.568. The van der Waals surface area contributed by atoms with Gasteiger partial charge in [-0.05, 0) is 49.1 Å². The average Bonchev–Trinajstić information content (AvgIpc) is 3.36. The molecule has 0 radical (unpaired) electrons. The van der Waals surface area contributed by atoms with Gasteiger partial charge in [0.05, 0.1) is 40.5 Å². The van der Waals surface area contributed by atoms with Crippen molar-refractivity contribution in [3.63, 3.8) is 0 Å². The molecule has 0 spiro atoms. The van der Waals surface area contributed by atoms with Gasteiger partial charge < -0.3 is 10.3 Å². The molecule has 1 saturated carbocycles. The Hall–Kier alpha value is -4.00. The van der Waals surface area contributed by atoms with Crippen LogP contribution in [0, 0.1) is 5.92 Å². The lowest BCUT2D eigenvalue weighted by Gasteiger charge is -2.28. The Morgan fingerprint density at radius 1 is 1.03 bits per heavy atom. The van der Waals surface area contributed by atoms with Gasteiger partial charge >= 0.3 is 0 Å². The van der Waals surface area contributed by atoms with E-state index in [4.69, 9.17) is 4.98 Å². The van der Waals surface area contributed by atoms with Crippen molar-refractivity contribution in [1.29, 1.82) is 0 Å². The van der Waals surface area contributed by atoms with Gasteiger partial charge in [-0.3, -0.25) is 15.1 Å². The van der Waals surface area contributed by atoms with Crippen LogP contribution < -0.4 is 5.32 Å². The molecule has 0 bridgehead atoms. The summed E-state index contributed by atoms with van der Waals surface area (Å²) >= 11 is 0. The van der Waals surface area contributed by atoms with Crippen LogP contribution in [0.2, 0.25) is 0 Å². The maximum atomic E-state index is 4.92. The zero-order valence-corrected chi connectivity index (χ0v) is 16.9. The highest BCUT2D eigenvalue weighted by Gasteiger charge is 2.20. The van der Waals surface area contributed by atoms with Crippen molar-refractivity contribution in [2.75, 3.05) is 5.32 Å². The van der Waals surface area contributed by atoms with E-state index >= 15 is 0 Å². The molecule has 7 nitrogen and oxygen atoms in total. The number of anilines is 1. The van der Waals surface area contributed by atoms with Gasteiger partial charge in [0.25, 0.3) is 0 Å². The SMILES string of the molecule is C=C(Nc1cncc(-c2ccc3[nH]nc(-c4cc5ccncc5[nH]4)c3n2)c1)C1CCC1. The third-order valence-corrected chi connectivity index (χ3v) is 6.02. The van der Waals surface area contributed by atoms with E-state index in [1.165, 1.54) is 19.3 Å². The fourth-order valence-electron chi connectivity index (χ4n) is 4.04. The summed E-state index contributed by atoms with van der Waals surface area (Å²) in [6.07, 6.45) is 11.0. The van der Waals surface area contributed by atoms with Crippen LogP contribution >= 0.6 is 0 Å². The van der Waals surface area contributed by atoms with Gasteiger partial charge in [-0.25, -0.2) is 4.98 Å². The van der Waals surface area contributed by atoms with Gasteiger partial charge in [0, 0.05) is 29.0 Å². The third kappa shape index (κ3) is 3.15. The smallest absolute Gasteiger partial charge is 0.135 e. The largest absolute Gasteiger partial charge is 0.358 e. The van der Waals surface area contributed by atoms with Crippen LogP contribution in [-0.4, -0.2) is 30.1 Å². The summed E-state index contributed by atoms with van der Waals surface area (Å²) in [5.41, 5.74) is 8.16. The lowest BCUT2D eigenvalue weighted by atomic mass is 9.83. The van der Waals surface area contributed by atoms with Crippen LogP contribution in [0.1, 0.15) is 19.3 Å². The molecule has 5 heterocycles. The predicted octanol–water partition coefficient (Wildman–Crippen LogP) is 5.29. The third-order valence-electron chi connectivity index (χ3n) is 6.02. The van der Waals surface area contributed by atoms with Crippen LogP contribution in [0.25, 0.3) is 44.6 Å². The van der Waals surface area contributed by atoms with E-state index in [1.807, 2.05) is 36.8 Å². The zero-order chi connectivity index (χ0) is 20.8. The van der Waals surface area contributed by atoms with Crippen LogP contribution in [0.15, 0.2) is 67.4 Å². The van der Waals surface area contributed by atoms with Crippen molar-refractivity contribution in [3.8, 4) is 22.6 Å². The number of hydrogen-bond acceptors (Lipinski definition) is 5. The molecule has 0 amide bonds. The fraction of sp³-hybridized carbons (Fsp3) is 0.167. The topological polar surface area (TPSA) is 95.2 Å². The van der Waals surface area contributed by atoms with Crippen LogP contribution in [-0.2, 0) is 0 Å². The Morgan fingerprint density at radius 2 is 1.97 bits per heavy atom. The second-order valence-corrected chi connectivity index (χ2v) is 8.05. The second kappa shape index (κ2) is 7.05. The number of rotatable bonds is 5. The number of hydrogen-bond donors (Lipinski definition) is 3. The normalized spacial score (nSPS) is 14.1. The molecule has 5 aromatic rings. The lowest BCUT2D eigenvalue weighted by molar-refractivity contribution is 0.371. The zero-order valence-electron chi connectivity index (χ0n) is 16.9. The number of H-pyrrole nitrogens is 2. The van der Waals surface area contributed by atoms with Crippen LogP contribution in [0.4, 0.5) is 5.69 Å². The highest BCUT2D eigenvalue weighted by molar-refractivity contribution is 5.94. The summed E-state index contributed by atoms with van der Waals surface area (Å²) in [6, 6.07) is 10.1. The summed E-state index contributed by atoms with van der Waals surface area (Å²) < 4.78 is 0. The van der Waals surface area contributed by atoms with Gasteiger partial charge in [0.1, 0.15) is 11.2 Å². The molecule has 0 unspecified atom stereocenters. The Bertz CT molecular complexity index is 1390. The quantitative estimate of drug-likeness (QED) is 0.368. The first kappa shape index (κ1) is 17.8. The van der Waals surface area contributed by atoms with Gasteiger partial charge in [-0.15, -0.1) is 0 Å². The van der Waals surface area contributed by atoms with Crippen molar-refractivity contribution in [2.24, 2.45) is 5.92 Å². The van der Waals surface area contributed by atoms with E-state index in [9.17, 15) is 0 Å². The van der Waals surface area contributed by atoms with E-state index in [-0.39, 0.29) is 0 Å². The molecule has 0 aliphatic heterocycles. The standard InChI is InChI=1S/C24H21N7/c1-14(15-3-2-4-15)27-18-9-17(11-26-12-18)19-5-6-20-23(29-19)24(31-30-20)21-10-16-7-8-25-13-22(16)28-21/h5-13,15,27-28H,1-4H2,(H,30,31). The molecule has 0 saturated heterocycles. The van der Waals surface area contributed by atoms with Crippen molar-refractivity contribution >= 4 is 27.6 Å². The molecule has 152 valence electrons. The van der Waals surface area contributed by atoms with Gasteiger partial charge in [-0.2, -0.15) is 5.10 Å². The Balaban J connectivity index is 1.37. The Kier molecular flexibility index (Phi) is 4.06. The summed E-state index contributed by atoms with van der Waals surface area (Å²) in [7, 11) is 0. The van der Waals surface area contributed by atoms with Crippen LogP contribution in [0.3, 0.4) is 0 Å². The number of aromatic nitrogens is 6. The van der Waals surface area contributed by atoms with E-state index in [0.717, 1.165) is 56.0 Å². The molecular formula is C24H21N7. The molecule has 1 aliphatic rings. The minimum Gasteiger partial charge on any atom is -0.358 e. The fourth-order valence-corrected chi connectivity index (χ4v) is 4.04. The number of nitrogens with zero attached hydrogens (tertiary/aromatic N) is 4. The molecule has 5 aromatic heterocycles. The van der Waals surface area contributed by atoms with Gasteiger partial charge in [-0.1, -0.05) is 13.0 Å². The summed E-state index contributed by atoms with van der Waals surface area (Å²) in [4.78, 5) is 16.9.